The molecule has 0 rings (SSSR count). The second-order valence-corrected chi connectivity index (χ2v) is 13.4. The highest BCUT2D eigenvalue weighted by molar-refractivity contribution is 5.87. The molecule has 2 amide bonds. The molecule has 0 unspecified atom stereocenters. The molecule has 236 valence electrons. The van der Waals surface area contributed by atoms with Crippen LogP contribution in [0.25, 0.3) is 0 Å². The fourth-order valence-corrected chi connectivity index (χ4v) is 2.90. The van der Waals surface area contributed by atoms with Crippen molar-refractivity contribution >= 4 is 36.1 Å². The third-order valence-electron chi connectivity index (χ3n) is 4.27. The first-order chi connectivity index (χ1) is 18.3. The third kappa shape index (κ3) is 20.2. The predicted octanol–water partition coefficient (Wildman–Crippen LogP) is 4.09. The minimum Gasteiger partial charge on any atom is -0.458 e. The van der Waals surface area contributed by atoms with Crippen LogP contribution in [0.1, 0.15) is 109 Å². The maximum Gasteiger partial charge on any atom is 0.408 e. The minimum absolute atomic E-state index is 0.235. The summed E-state index contributed by atoms with van der Waals surface area (Å²) in [5, 5.41) is 4.76. The summed E-state index contributed by atoms with van der Waals surface area (Å²) in [6.07, 6.45) is -3.08. The van der Waals surface area contributed by atoms with E-state index in [0.717, 1.165) is 0 Å². The summed E-state index contributed by atoms with van der Waals surface area (Å²) in [4.78, 5) is 74.4. The number of amides is 2. The number of ether oxygens (including phenoxy) is 5. The van der Waals surface area contributed by atoms with E-state index in [9.17, 15) is 28.8 Å². The van der Waals surface area contributed by atoms with E-state index in [0.29, 0.717) is 0 Å². The van der Waals surface area contributed by atoms with Gasteiger partial charge in [0, 0.05) is 12.8 Å². The van der Waals surface area contributed by atoms with E-state index < -0.39 is 83.4 Å². The smallest absolute Gasteiger partial charge is 0.408 e. The molecule has 0 fully saturated rings. The number of carbonyl (C=O) groups excluding carboxylic acids is 6. The summed E-state index contributed by atoms with van der Waals surface area (Å²) < 4.78 is 25.8. The van der Waals surface area contributed by atoms with Gasteiger partial charge in [0.1, 0.15) is 34.5 Å². The van der Waals surface area contributed by atoms with Crippen molar-refractivity contribution in [3.05, 3.63) is 0 Å². The number of rotatable bonds is 10. The minimum atomic E-state index is -1.25. The van der Waals surface area contributed by atoms with Crippen LogP contribution in [-0.4, -0.2) is 70.6 Å². The van der Waals surface area contributed by atoms with E-state index in [-0.39, 0.29) is 12.8 Å². The van der Waals surface area contributed by atoms with Crippen molar-refractivity contribution in [1.82, 2.24) is 10.6 Å². The number of alkyl carbamates (subject to hydrolysis) is 2. The molecule has 13 heteroatoms. The number of esters is 4. The molecule has 0 aliphatic carbocycles. The van der Waals surface area contributed by atoms with Crippen LogP contribution in [0.4, 0.5) is 9.59 Å². The summed E-state index contributed by atoms with van der Waals surface area (Å²) in [5.41, 5.74) is -3.38. The summed E-state index contributed by atoms with van der Waals surface area (Å²) in [6, 6.07) is -2.50. The SMILES string of the molecule is CC(C)(C)OC(=O)N[C@@H](CCC(=O)OC(=O)CC[C@H](NC(=O)OC(C)(C)C)C(=O)OC(C)(C)C)C(=O)OC(C)(C)C. The molecule has 0 aliphatic heterocycles. The van der Waals surface area contributed by atoms with Crippen molar-refractivity contribution < 1.29 is 52.5 Å². The molecule has 13 nitrogen and oxygen atoms in total. The van der Waals surface area contributed by atoms with Crippen molar-refractivity contribution in [3.8, 4) is 0 Å². The Kier molecular flexibility index (Phi) is 13.8. The van der Waals surface area contributed by atoms with Crippen LogP contribution < -0.4 is 10.6 Å². The Morgan fingerprint density at radius 1 is 0.488 bits per heavy atom. The molecule has 0 saturated carbocycles. The van der Waals surface area contributed by atoms with E-state index >= 15 is 0 Å². The van der Waals surface area contributed by atoms with Gasteiger partial charge in [0.05, 0.1) is 0 Å². The molecular weight excluding hydrogens is 540 g/mol. The van der Waals surface area contributed by atoms with Crippen LogP contribution in [0.3, 0.4) is 0 Å². The zero-order valence-electron chi connectivity index (χ0n) is 26.5. The lowest BCUT2D eigenvalue weighted by Gasteiger charge is -2.26. The lowest BCUT2D eigenvalue weighted by Crippen LogP contribution is -2.46. The molecule has 0 heterocycles. The van der Waals surface area contributed by atoms with E-state index in [4.69, 9.17) is 23.7 Å². The fourth-order valence-electron chi connectivity index (χ4n) is 2.90. The Balaban J connectivity index is 5.24. The highest BCUT2D eigenvalue weighted by atomic mass is 16.6. The van der Waals surface area contributed by atoms with E-state index in [1.165, 1.54) is 0 Å². The Morgan fingerprint density at radius 2 is 0.756 bits per heavy atom. The highest BCUT2D eigenvalue weighted by Gasteiger charge is 2.31. The second kappa shape index (κ2) is 15.0. The van der Waals surface area contributed by atoms with Gasteiger partial charge in [-0.2, -0.15) is 0 Å². The third-order valence-corrected chi connectivity index (χ3v) is 4.27. The molecule has 0 spiro atoms. The summed E-state index contributed by atoms with van der Waals surface area (Å²) >= 11 is 0. The number of hydrogen-bond acceptors (Lipinski definition) is 11. The van der Waals surface area contributed by atoms with Crippen molar-refractivity contribution in [2.45, 2.75) is 143 Å². The zero-order valence-corrected chi connectivity index (χ0v) is 26.5. The van der Waals surface area contributed by atoms with Gasteiger partial charge in [-0.3, -0.25) is 9.59 Å². The van der Waals surface area contributed by atoms with Crippen molar-refractivity contribution in [2.75, 3.05) is 0 Å². The van der Waals surface area contributed by atoms with Crippen LogP contribution in [-0.2, 0) is 42.9 Å². The number of nitrogens with one attached hydrogen (secondary N) is 2. The molecule has 0 radical (unpaired) electrons. The Hall–Kier alpha value is -3.38. The van der Waals surface area contributed by atoms with Crippen LogP contribution in [0.5, 0.6) is 0 Å². The average molecular weight is 589 g/mol. The Morgan fingerprint density at radius 3 is 1.00 bits per heavy atom. The maximum absolute atomic E-state index is 12.6. The van der Waals surface area contributed by atoms with Crippen LogP contribution in [0, 0.1) is 0 Å². The first kappa shape index (κ1) is 37.6. The van der Waals surface area contributed by atoms with E-state index in [1.807, 2.05) is 0 Å². The molecule has 0 bridgehead atoms. The quantitative estimate of drug-likeness (QED) is 0.214. The van der Waals surface area contributed by atoms with E-state index in [2.05, 4.69) is 10.6 Å². The molecule has 2 atom stereocenters. The summed E-state index contributed by atoms with van der Waals surface area (Å²) in [5.74, 6) is -3.53. The van der Waals surface area contributed by atoms with Gasteiger partial charge >= 0.3 is 36.1 Å². The van der Waals surface area contributed by atoms with Gasteiger partial charge in [0.15, 0.2) is 0 Å². The monoisotopic (exact) mass is 588 g/mol. The fraction of sp³-hybridized carbons (Fsp3) is 0.786. The first-order valence-electron chi connectivity index (χ1n) is 13.4. The predicted molar refractivity (Wildman–Crippen MR) is 148 cm³/mol. The van der Waals surface area contributed by atoms with Crippen molar-refractivity contribution in [3.63, 3.8) is 0 Å². The van der Waals surface area contributed by atoms with Crippen LogP contribution in [0.15, 0.2) is 0 Å². The zero-order chi connectivity index (χ0) is 32.4. The van der Waals surface area contributed by atoms with Crippen LogP contribution >= 0.6 is 0 Å². The van der Waals surface area contributed by atoms with E-state index in [1.54, 1.807) is 83.1 Å². The van der Waals surface area contributed by atoms with Crippen molar-refractivity contribution in [2.24, 2.45) is 0 Å². The molecule has 41 heavy (non-hydrogen) atoms. The lowest BCUT2D eigenvalue weighted by atomic mass is 10.1. The number of hydrogen-bond donors (Lipinski definition) is 2. The highest BCUT2D eigenvalue weighted by Crippen LogP contribution is 2.15. The maximum atomic E-state index is 12.6. The summed E-state index contributed by atoms with van der Waals surface area (Å²) in [6.45, 7) is 19.7. The molecule has 0 saturated heterocycles. The van der Waals surface area contributed by atoms with Crippen LogP contribution in [0.2, 0.25) is 0 Å². The molecule has 0 aromatic carbocycles. The number of carbonyl (C=O) groups is 6. The first-order valence-corrected chi connectivity index (χ1v) is 13.4. The van der Waals surface area contributed by atoms with Crippen molar-refractivity contribution in [1.29, 1.82) is 0 Å². The lowest BCUT2D eigenvalue weighted by molar-refractivity contribution is -0.160. The van der Waals surface area contributed by atoms with Gasteiger partial charge in [-0.1, -0.05) is 0 Å². The molecule has 2 N–H and O–H groups in total. The molecule has 0 aromatic heterocycles. The average Bonchev–Trinajstić information content (AvgIpc) is 2.68. The topological polar surface area (TPSA) is 173 Å². The second-order valence-electron chi connectivity index (χ2n) is 13.4. The summed E-state index contributed by atoms with van der Waals surface area (Å²) in [7, 11) is 0. The van der Waals surface area contributed by atoms with Gasteiger partial charge in [0.2, 0.25) is 0 Å². The standard InChI is InChI=1S/C28H48N2O11/c1-25(2,3)38-21(33)17(29-23(35)40-27(7,8)9)13-15-19(31)37-20(32)16-14-18(22(34)39-26(4,5)6)30-24(36)41-28(10,11)12/h17-18H,13-16H2,1-12H3,(H,29,35)(H,30,36)/t17-,18-/m0/s1. The Bertz CT molecular complexity index is 872. The van der Waals surface area contributed by atoms with Gasteiger partial charge in [-0.15, -0.1) is 0 Å². The van der Waals surface area contributed by atoms with Gasteiger partial charge in [-0.05, 0) is 95.9 Å². The van der Waals surface area contributed by atoms with Gasteiger partial charge < -0.3 is 34.3 Å². The molecular formula is C28H48N2O11. The van der Waals surface area contributed by atoms with Gasteiger partial charge in [0.25, 0.3) is 0 Å². The molecule has 0 aromatic rings. The Labute approximate surface area is 242 Å². The normalized spacial score (nSPS) is 13.7. The molecule has 0 aliphatic rings. The van der Waals surface area contributed by atoms with Gasteiger partial charge in [-0.25, -0.2) is 19.2 Å². The largest absolute Gasteiger partial charge is 0.458 e.